The van der Waals surface area contributed by atoms with Gasteiger partial charge in [-0.2, -0.15) is 4.98 Å². The van der Waals surface area contributed by atoms with E-state index in [1.165, 1.54) is 17.3 Å². The molecule has 4 rings (SSSR count). The molecule has 7 nitrogen and oxygen atoms in total. The molecule has 1 aromatic carbocycles. The van der Waals surface area contributed by atoms with Crippen molar-refractivity contribution < 1.29 is 4.52 Å². The van der Waals surface area contributed by atoms with Gasteiger partial charge in [-0.1, -0.05) is 54.2 Å². The number of aryl methyl sites for hydroxylation is 1. The van der Waals surface area contributed by atoms with Gasteiger partial charge in [-0.25, -0.2) is 0 Å². The zero-order valence-corrected chi connectivity index (χ0v) is 15.6. The second-order valence-corrected chi connectivity index (χ2v) is 6.81. The van der Waals surface area contributed by atoms with Crippen molar-refractivity contribution in [3.63, 3.8) is 0 Å². The van der Waals surface area contributed by atoms with Crippen LogP contribution in [0.4, 0.5) is 0 Å². The Morgan fingerprint density at radius 3 is 2.70 bits per heavy atom. The first-order valence-corrected chi connectivity index (χ1v) is 9.64. The first-order valence-electron chi connectivity index (χ1n) is 8.65. The molecule has 0 aliphatic carbocycles. The highest BCUT2D eigenvalue weighted by molar-refractivity contribution is 7.98. The van der Waals surface area contributed by atoms with Crippen LogP contribution >= 0.6 is 11.8 Å². The van der Waals surface area contributed by atoms with Crippen LogP contribution < -0.4 is 0 Å². The Kier molecular flexibility index (Phi) is 5.24. The fourth-order valence-electron chi connectivity index (χ4n) is 2.63. The van der Waals surface area contributed by atoms with Gasteiger partial charge >= 0.3 is 0 Å². The molecule has 0 N–H and O–H groups in total. The highest BCUT2D eigenvalue weighted by Gasteiger charge is 2.16. The number of rotatable bonds is 7. The van der Waals surface area contributed by atoms with Gasteiger partial charge in [-0.15, -0.1) is 10.2 Å². The summed E-state index contributed by atoms with van der Waals surface area (Å²) in [4.78, 5) is 8.56. The third-order valence-corrected chi connectivity index (χ3v) is 4.92. The SMILES string of the molecule is CCc1noc(CSc2nnc(-c3cccnc3)n2Cc2ccccc2)n1. The number of benzene rings is 1. The minimum atomic E-state index is 0.549. The Morgan fingerprint density at radius 2 is 1.96 bits per heavy atom. The third-order valence-electron chi connectivity index (χ3n) is 3.97. The molecule has 0 unspecified atom stereocenters. The van der Waals surface area contributed by atoms with Crippen molar-refractivity contribution in [1.29, 1.82) is 0 Å². The lowest BCUT2D eigenvalue weighted by Crippen LogP contribution is -2.04. The van der Waals surface area contributed by atoms with E-state index in [2.05, 4.69) is 42.0 Å². The van der Waals surface area contributed by atoms with Crippen molar-refractivity contribution in [2.45, 2.75) is 30.8 Å². The maximum atomic E-state index is 5.28. The first-order chi connectivity index (χ1) is 13.3. The van der Waals surface area contributed by atoms with Crippen molar-refractivity contribution in [3.8, 4) is 11.4 Å². The summed E-state index contributed by atoms with van der Waals surface area (Å²) >= 11 is 1.53. The van der Waals surface area contributed by atoms with Crippen LogP contribution in [0.25, 0.3) is 11.4 Å². The van der Waals surface area contributed by atoms with Crippen LogP contribution in [0, 0.1) is 0 Å². The van der Waals surface area contributed by atoms with Gasteiger partial charge in [-0.3, -0.25) is 9.55 Å². The molecule has 3 aromatic heterocycles. The molecule has 0 aliphatic heterocycles. The van der Waals surface area contributed by atoms with Gasteiger partial charge in [-0.05, 0) is 17.7 Å². The molecule has 0 atom stereocenters. The number of aromatic nitrogens is 6. The van der Waals surface area contributed by atoms with Crippen LogP contribution in [-0.4, -0.2) is 29.9 Å². The maximum absolute atomic E-state index is 5.28. The first kappa shape index (κ1) is 17.4. The van der Waals surface area contributed by atoms with E-state index in [4.69, 9.17) is 4.52 Å². The monoisotopic (exact) mass is 378 g/mol. The predicted molar refractivity (Wildman–Crippen MR) is 102 cm³/mol. The van der Waals surface area contributed by atoms with E-state index >= 15 is 0 Å². The number of nitrogens with zero attached hydrogens (tertiary/aromatic N) is 6. The average Bonchev–Trinajstić information content (AvgIpc) is 3.35. The Hall–Kier alpha value is -3.00. The number of hydrogen-bond acceptors (Lipinski definition) is 7. The molecule has 0 aliphatic rings. The summed E-state index contributed by atoms with van der Waals surface area (Å²) < 4.78 is 7.37. The third kappa shape index (κ3) is 4.06. The molecule has 0 amide bonds. The molecule has 0 fully saturated rings. The minimum absolute atomic E-state index is 0.549. The summed E-state index contributed by atoms with van der Waals surface area (Å²) in [5, 5.41) is 13.5. The summed E-state index contributed by atoms with van der Waals surface area (Å²) in [5.41, 5.74) is 2.11. The van der Waals surface area contributed by atoms with Gasteiger partial charge < -0.3 is 4.52 Å². The van der Waals surface area contributed by atoms with Crippen LogP contribution in [0.3, 0.4) is 0 Å². The van der Waals surface area contributed by atoms with E-state index in [0.717, 1.165) is 23.0 Å². The molecule has 0 bridgehead atoms. The lowest BCUT2D eigenvalue weighted by molar-refractivity contribution is 0.385. The molecule has 8 heteroatoms. The predicted octanol–water partition coefficient (Wildman–Crippen LogP) is 3.63. The van der Waals surface area contributed by atoms with Gasteiger partial charge in [0.25, 0.3) is 0 Å². The molecular formula is C19H18N6OS. The molecule has 0 saturated heterocycles. The van der Waals surface area contributed by atoms with Crippen molar-refractivity contribution >= 4 is 11.8 Å². The summed E-state index contributed by atoms with van der Waals surface area (Å²) in [6, 6.07) is 14.1. The van der Waals surface area contributed by atoms with Gasteiger partial charge in [0.2, 0.25) is 5.89 Å². The van der Waals surface area contributed by atoms with Crippen molar-refractivity contribution in [1.82, 2.24) is 29.9 Å². The second kappa shape index (κ2) is 8.13. The summed E-state index contributed by atoms with van der Waals surface area (Å²) in [5.74, 6) is 2.64. The number of thioether (sulfide) groups is 1. The van der Waals surface area contributed by atoms with Crippen LogP contribution in [-0.2, 0) is 18.7 Å². The van der Waals surface area contributed by atoms with Crippen LogP contribution in [0.1, 0.15) is 24.2 Å². The van der Waals surface area contributed by atoms with E-state index in [1.54, 1.807) is 12.4 Å². The van der Waals surface area contributed by atoms with Crippen LogP contribution in [0.2, 0.25) is 0 Å². The topological polar surface area (TPSA) is 82.5 Å². The van der Waals surface area contributed by atoms with Crippen LogP contribution in [0.15, 0.2) is 64.5 Å². The zero-order valence-electron chi connectivity index (χ0n) is 14.8. The zero-order chi connectivity index (χ0) is 18.5. The molecular weight excluding hydrogens is 360 g/mol. The smallest absolute Gasteiger partial charge is 0.237 e. The van der Waals surface area contributed by atoms with E-state index in [0.29, 0.717) is 24.0 Å². The highest BCUT2D eigenvalue weighted by Crippen LogP contribution is 2.26. The standard InChI is InChI=1S/C19H18N6OS/c1-2-16-21-17(26-24-16)13-27-19-23-22-18(15-9-6-10-20-11-15)25(19)12-14-7-4-3-5-8-14/h3-11H,2,12-13H2,1H3. The Balaban J connectivity index is 1.63. The fraction of sp³-hybridized carbons (Fsp3) is 0.211. The lowest BCUT2D eigenvalue weighted by atomic mass is 10.2. The summed E-state index contributed by atoms with van der Waals surface area (Å²) in [6.45, 7) is 2.67. The van der Waals surface area contributed by atoms with Gasteiger partial charge in [0.05, 0.1) is 12.3 Å². The van der Waals surface area contributed by atoms with E-state index < -0.39 is 0 Å². The van der Waals surface area contributed by atoms with E-state index in [9.17, 15) is 0 Å². The largest absolute Gasteiger partial charge is 0.338 e. The molecule has 0 saturated carbocycles. The number of pyridine rings is 1. The molecule has 0 spiro atoms. The van der Waals surface area contributed by atoms with E-state index in [1.807, 2.05) is 37.3 Å². The molecule has 3 heterocycles. The minimum Gasteiger partial charge on any atom is -0.338 e. The lowest BCUT2D eigenvalue weighted by Gasteiger charge is -2.10. The molecule has 0 radical (unpaired) electrons. The molecule has 27 heavy (non-hydrogen) atoms. The Labute approximate surface area is 160 Å². The summed E-state index contributed by atoms with van der Waals surface area (Å²) in [7, 11) is 0. The van der Waals surface area contributed by atoms with Crippen molar-refractivity contribution in [3.05, 3.63) is 72.1 Å². The van der Waals surface area contributed by atoms with Gasteiger partial charge in [0.15, 0.2) is 16.8 Å². The highest BCUT2D eigenvalue weighted by atomic mass is 32.2. The average molecular weight is 378 g/mol. The Bertz CT molecular complexity index is 999. The van der Waals surface area contributed by atoms with Crippen molar-refractivity contribution in [2.75, 3.05) is 0 Å². The normalized spacial score (nSPS) is 11.0. The quantitative estimate of drug-likeness (QED) is 0.454. The van der Waals surface area contributed by atoms with Gasteiger partial charge in [0, 0.05) is 24.4 Å². The van der Waals surface area contributed by atoms with Gasteiger partial charge in [0.1, 0.15) is 0 Å². The fourth-order valence-corrected chi connectivity index (χ4v) is 3.41. The number of hydrogen-bond donors (Lipinski definition) is 0. The molecule has 4 aromatic rings. The molecule has 136 valence electrons. The Morgan fingerprint density at radius 1 is 1.07 bits per heavy atom. The summed E-state index contributed by atoms with van der Waals surface area (Å²) in [6.07, 6.45) is 4.30. The maximum Gasteiger partial charge on any atom is 0.237 e. The van der Waals surface area contributed by atoms with Crippen LogP contribution in [0.5, 0.6) is 0 Å². The van der Waals surface area contributed by atoms with E-state index in [-0.39, 0.29) is 0 Å². The second-order valence-electron chi connectivity index (χ2n) is 5.87. The van der Waals surface area contributed by atoms with Crippen molar-refractivity contribution in [2.24, 2.45) is 0 Å².